The zero-order chi connectivity index (χ0) is 13.5. The Morgan fingerprint density at radius 1 is 1.44 bits per heavy atom. The number of carbonyl (C=O) groups is 1. The van der Waals surface area contributed by atoms with Crippen molar-refractivity contribution in [3.8, 4) is 5.75 Å². The van der Waals surface area contributed by atoms with Crippen molar-refractivity contribution in [1.29, 1.82) is 0 Å². The second-order valence-electron chi connectivity index (χ2n) is 3.48. The maximum absolute atomic E-state index is 11.8. The van der Waals surface area contributed by atoms with Gasteiger partial charge >= 0.3 is 5.97 Å². The molecule has 0 aliphatic heterocycles. The number of carbonyl (C=O) groups excluding carboxylic acids is 1. The molecule has 0 fully saturated rings. The highest BCUT2D eigenvalue weighted by Crippen LogP contribution is 2.31. The normalized spacial score (nSPS) is 10.2. The minimum atomic E-state index is -0.507. The zero-order valence-electron chi connectivity index (χ0n) is 10.0. The molecule has 0 aliphatic rings. The Morgan fingerprint density at radius 2 is 2.17 bits per heavy atom. The molecule has 0 heterocycles. The molecule has 0 spiro atoms. The molecule has 6 heteroatoms. The Kier molecular flexibility index (Phi) is 6.09. The highest BCUT2D eigenvalue weighted by molar-refractivity contribution is 6.31. The van der Waals surface area contributed by atoms with E-state index < -0.39 is 5.97 Å². The minimum absolute atomic E-state index is 0.233. The molecule has 0 bridgehead atoms. The zero-order valence-corrected chi connectivity index (χ0v) is 11.6. The van der Waals surface area contributed by atoms with Gasteiger partial charge in [0.25, 0.3) is 0 Å². The van der Waals surface area contributed by atoms with E-state index >= 15 is 0 Å². The second-order valence-corrected chi connectivity index (χ2v) is 4.30. The SMILES string of the molecule is CCOC(=O)c1cc(Cl)cc(N)c1OCCCCl. The van der Waals surface area contributed by atoms with Crippen LogP contribution in [0.5, 0.6) is 5.75 Å². The van der Waals surface area contributed by atoms with E-state index in [0.29, 0.717) is 35.4 Å². The maximum atomic E-state index is 11.8. The monoisotopic (exact) mass is 291 g/mol. The first kappa shape index (κ1) is 14.9. The summed E-state index contributed by atoms with van der Waals surface area (Å²) in [6.07, 6.45) is 0.659. The van der Waals surface area contributed by atoms with E-state index in [1.165, 1.54) is 12.1 Å². The quantitative estimate of drug-likeness (QED) is 0.379. The van der Waals surface area contributed by atoms with Crippen LogP contribution in [0.3, 0.4) is 0 Å². The van der Waals surface area contributed by atoms with Crippen molar-refractivity contribution in [2.45, 2.75) is 13.3 Å². The number of anilines is 1. The van der Waals surface area contributed by atoms with Gasteiger partial charge in [0.15, 0.2) is 5.75 Å². The number of nitrogen functional groups attached to an aromatic ring is 1. The summed E-state index contributed by atoms with van der Waals surface area (Å²) in [6, 6.07) is 3.01. The predicted molar refractivity (Wildman–Crippen MR) is 72.7 cm³/mol. The molecule has 0 saturated heterocycles. The van der Waals surface area contributed by atoms with Crippen LogP contribution in [0.2, 0.25) is 5.02 Å². The Morgan fingerprint density at radius 3 is 2.78 bits per heavy atom. The second kappa shape index (κ2) is 7.34. The summed E-state index contributed by atoms with van der Waals surface area (Å²) in [7, 11) is 0. The number of benzene rings is 1. The van der Waals surface area contributed by atoms with Crippen molar-refractivity contribution in [3.63, 3.8) is 0 Å². The molecule has 0 amide bonds. The molecule has 0 radical (unpaired) electrons. The van der Waals surface area contributed by atoms with Gasteiger partial charge in [0.2, 0.25) is 0 Å². The van der Waals surface area contributed by atoms with E-state index in [9.17, 15) is 4.79 Å². The van der Waals surface area contributed by atoms with Gasteiger partial charge in [-0.3, -0.25) is 0 Å². The molecule has 0 saturated carbocycles. The van der Waals surface area contributed by atoms with Gasteiger partial charge in [-0.25, -0.2) is 4.79 Å². The smallest absolute Gasteiger partial charge is 0.342 e. The van der Waals surface area contributed by atoms with Crippen molar-refractivity contribution >= 4 is 34.9 Å². The number of halogens is 2. The molecular weight excluding hydrogens is 277 g/mol. The van der Waals surface area contributed by atoms with Gasteiger partial charge in [-0.1, -0.05) is 11.6 Å². The third kappa shape index (κ3) is 3.96. The van der Waals surface area contributed by atoms with E-state index in [2.05, 4.69) is 0 Å². The van der Waals surface area contributed by atoms with Gasteiger partial charge in [0, 0.05) is 10.9 Å². The fourth-order valence-electron chi connectivity index (χ4n) is 1.37. The molecule has 4 nitrogen and oxygen atoms in total. The number of ether oxygens (including phenoxy) is 2. The van der Waals surface area contributed by atoms with Crippen molar-refractivity contribution in [3.05, 3.63) is 22.7 Å². The number of hydrogen-bond acceptors (Lipinski definition) is 4. The number of esters is 1. The highest BCUT2D eigenvalue weighted by Gasteiger charge is 2.17. The average molecular weight is 292 g/mol. The van der Waals surface area contributed by atoms with Crippen molar-refractivity contribution in [1.82, 2.24) is 0 Å². The van der Waals surface area contributed by atoms with Crippen molar-refractivity contribution in [2.24, 2.45) is 0 Å². The van der Waals surface area contributed by atoms with Crippen LogP contribution in [0, 0.1) is 0 Å². The van der Waals surface area contributed by atoms with Crippen LogP contribution in [-0.2, 0) is 4.74 Å². The van der Waals surface area contributed by atoms with Gasteiger partial charge < -0.3 is 15.2 Å². The summed E-state index contributed by atoms with van der Waals surface area (Å²) in [5.41, 5.74) is 6.33. The maximum Gasteiger partial charge on any atom is 0.342 e. The first-order chi connectivity index (χ1) is 8.60. The summed E-state index contributed by atoms with van der Waals surface area (Å²) in [6.45, 7) is 2.37. The summed E-state index contributed by atoms with van der Waals surface area (Å²) in [5, 5.41) is 0.361. The molecule has 0 unspecified atom stereocenters. The molecule has 0 atom stereocenters. The molecule has 2 N–H and O–H groups in total. The van der Waals surface area contributed by atoms with E-state index in [4.69, 9.17) is 38.4 Å². The molecular formula is C12H15Cl2NO3. The van der Waals surface area contributed by atoms with E-state index in [1.54, 1.807) is 6.92 Å². The number of hydrogen-bond donors (Lipinski definition) is 1. The van der Waals surface area contributed by atoms with Gasteiger partial charge in [-0.05, 0) is 25.5 Å². The first-order valence-corrected chi connectivity index (χ1v) is 6.46. The lowest BCUT2D eigenvalue weighted by molar-refractivity contribution is 0.0522. The fourth-order valence-corrected chi connectivity index (χ4v) is 1.70. The number of rotatable bonds is 6. The van der Waals surface area contributed by atoms with E-state index in [0.717, 1.165) is 0 Å². The lowest BCUT2D eigenvalue weighted by Crippen LogP contribution is -2.10. The standard InChI is InChI=1S/C12H15Cl2NO3/c1-2-17-12(16)9-6-8(14)7-10(15)11(9)18-5-3-4-13/h6-7H,2-5,15H2,1H3. The van der Waals surface area contributed by atoms with Gasteiger partial charge in [-0.15, -0.1) is 11.6 Å². The molecule has 0 aliphatic carbocycles. The van der Waals surface area contributed by atoms with Gasteiger partial charge in [-0.2, -0.15) is 0 Å². The third-order valence-electron chi connectivity index (χ3n) is 2.10. The lowest BCUT2D eigenvalue weighted by Gasteiger charge is -2.13. The van der Waals surface area contributed by atoms with Crippen LogP contribution in [0.25, 0.3) is 0 Å². The summed E-state index contributed by atoms with van der Waals surface area (Å²) >= 11 is 11.4. The van der Waals surface area contributed by atoms with Gasteiger partial charge in [0.05, 0.1) is 18.9 Å². The third-order valence-corrected chi connectivity index (χ3v) is 2.59. The minimum Gasteiger partial charge on any atom is -0.490 e. The van der Waals surface area contributed by atoms with Crippen LogP contribution in [-0.4, -0.2) is 25.1 Å². The first-order valence-electron chi connectivity index (χ1n) is 5.55. The highest BCUT2D eigenvalue weighted by atomic mass is 35.5. The Labute approximate surface area is 116 Å². The molecule has 1 rings (SSSR count). The van der Waals surface area contributed by atoms with Crippen LogP contribution in [0.15, 0.2) is 12.1 Å². The summed E-state index contributed by atoms with van der Waals surface area (Å²) in [5.74, 6) is 0.262. The largest absolute Gasteiger partial charge is 0.490 e. The topological polar surface area (TPSA) is 61.5 Å². The van der Waals surface area contributed by atoms with Crippen LogP contribution in [0.4, 0.5) is 5.69 Å². The average Bonchev–Trinajstić information content (AvgIpc) is 2.31. The van der Waals surface area contributed by atoms with Crippen LogP contribution >= 0.6 is 23.2 Å². The molecule has 1 aromatic carbocycles. The molecule has 1 aromatic rings. The number of alkyl halides is 1. The Balaban J connectivity index is 3.00. The van der Waals surface area contributed by atoms with E-state index in [1.807, 2.05) is 0 Å². The van der Waals surface area contributed by atoms with Crippen LogP contribution < -0.4 is 10.5 Å². The fraction of sp³-hybridized carbons (Fsp3) is 0.417. The number of nitrogens with two attached hydrogens (primary N) is 1. The summed E-state index contributed by atoms with van der Waals surface area (Å²) in [4.78, 5) is 11.8. The Hall–Kier alpha value is -1.13. The van der Waals surface area contributed by atoms with E-state index in [-0.39, 0.29) is 12.2 Å². The molecule has 0 aromatic heterocycles. The predicted octanol–water partition coefficient (Wildman–Crippen LogP) is 3.11. The molecule has 100 valence electrons. The summed E-state index contributed by atoms with van der Waals surface area (Å²) < 4.78 is 10.4. The van der Waals surface area contributed by atoms with Crippen molar-refractivity contribution < 1.29 is 14.3 Å². The lowest BCUT2D eigenvalue weighted by atomic mass is 10.1. The van der Waals surface area contributed by atoms with Gasteiger partial charge in [0.1, 0.15) is 5.56 Å². The van der Waals surface area contributed by atoms with Crippen LogP contribution in [0.1, 0.15) is 23.7 Å². The molecule has 18 heavy (non-hydrogen) atoms. The van der Waals surface area contributed by atoms with Crippen molar-refractivity contribution in [2.75, 3.05) is 24.8 Å². The Bertz CT molecular complexity index is 424.